The Labute approximate surface area is 122 Å². The number of nitro benzene ring substituents is 1. The molecule has 0 radical (unpaired) electrons. The van der Waals surface area contributed by atoms with Crippen molar-refractivity contribution in [1.82, 2.24) is 0 Å². The monoisotopic (exact) mass is 313 g/mol. The zero-order valence-corrected chi connectivity index (χ0v) is 11.0. The van der Waals surface area contributed by atoms with Crippen LogP contribution in [0.4, 0.5) is 18.9 Å². The van der Waals surface area contributed by atoms with Crippen molar-refractivity contribution in [3.8, 4) is 5.75 Å². The Hall–Kier alpha value is -2.61. The van der Waals surface area contributed by atoms with E-state index in [-0.39, 0.29) is 11.3 Å². The number of ether oxygens (including phenoxy) is 1. The zero-order valence-electron chi connectivity index (χ0n) is 11.0. The van der Waals surface area contributed by atoms with E-state index in [4.69, 9.17) is 4.74 Å². The smallest absolute Gasteiger partial charge is 0.313 e. The van der Waals surface area contributed by atoms with Gasteiger partial charge in [0.2, 0.25) is 0 Å². The molecule has 0 saturated carbocycles. The third-order valence-corrected chi connectivity index (χ3v) is 2.84. The van der Waals surface area contributed by atoms with Gasteiger partial charge in [-0.25, -0.2) is 13.2 Å². The summed E-state index contributed by atoms with van der Waals surface area (Å²) in [6.45, 7) is -0.447. The molecule has 2 rings (SSSR count). The lowest BCUT2D eigenvalue weighted by Gasteiger charge is -2.13. The summed E-state index contributed by atoms with van der Waals surface area (Å²) in [6, 6.07) is 5.49. The second-order valence-electron chi connectivity index (χ2n) is 4.37. The van der Waals surface area contributed by atoms with E-state index in [1.54, 1.807) is 0 Å². The Kier molecular flexibility index (Phi) is 4.62. The molecule has 0 spiro atoms. The van der Waals surface area contributed by atoms with Crippen LogP contribution in [0.5, 0.6) is 5.75 Å². The van der Waals surface area contributed by atoms with Crippen LogP contribution in [0.2, 0.25) is 0 Å². The second-order valence-corrected chi connectivity index (χ2v) is 4.37. The van der Waals surface area contributed by atoms with Crippen molar-refractivity contribution >= 4 is 5.69 Å². The summed E-state index contributed by atoms with van der Waals surface area (Å²) in [5.41, 5.74) is -0.554. The van der Waals surface area contributed by atoms with Gasteiger partial charge in [-0.15, -0.1) is 0 Å². The van der Waals surface area contributed by atoms with Gasteiger partial charge in [0.15, 0.2) is 17.4 Å². The van der Waals surface area contributed by atoms with E-state index in [2.05, 4.69) is 0 Å². The number of nitrogens with zero attached hydrogens (tertiary/aromatic N) is 1. The molecular formula is C14H10F3NO4. The van der Waals surface area contributed by atoms with Crippen molar-refractivity contribution in [2.75, 3.05) is 6.61 Å². The van der Waals surface area contributed by atoms with Gasteiger partial charge in [-0.1, -0.05) is 6.07 Å². The lowest BCUT2D eigenvalue weighted by molar-refractivity contribution is -0.386. The second kappa shape index (κ2) is 6.44. The van der Waals surface area contributed by atoms with Crippen LogP contribution in [-0.2, 0) is 0 Å². The summed E-state index contributed by atoms with van der Waals surface area (Å²) < 4.78 is 43.9. The van der Waals surface area contributed by atoms with Gasteiger partial charge in [0.1, 0.15) is 18.5 Å². The van der Waals surface area contributed by atoms with Gasteiger partial charge in [-0.2, -0.15) is 0 Å². The molecule has 0 aliphatic carbocycles. The quantitative estimate of drug-likeness (QED) is 0.680. The molecule has 0 fully saturated rings. The highest BCUT2D eigenvalue weighted by atomic mass is 19.2. The molecule has 1 N–H and O–H groups in total. The Morgan fingerprint density at radius 2 is 1.86 bits per heavy atom. The third kappa shape index (κ3) is 3.53. The molecule has 0 heterocycles. The molecule has 116 valence electrons. The summed E-state index contributed by atoms with van der Waals surface area (Å²) >= 11 is 0. The molecular weight excluding hydrogens is 303 g/mol. The zero-order chi connectivity index (χ0) is 16.3. The number of aliphatic hydroxyl groups excluding tert-OH is 1. The number of hydrogen-bond acceptors (Lipinski definition) is 4. The minimum absolute atomic E-state index is 0.0451. The molecule has 1 atom stereocenters. The molecule has 0 saturated heterocycles. The Morgan fingerprint density at radius 3 is 2.50 bits per heavy atom. The normalized spacial score (nSPS) is 12.0. The maximum atomic E-state index is 13.1. The summed E-state index contributed by atoms with van der Waals surface area (Å²) in [5.74, 6) is -3.25. The van der Waals surface area contributed by atoms with E-state index in [9.17, 15) is 28.4 Å². The fraction of sp³-hybridized carbons (Fsp3) is 0.143. The largest absolute Gasteiger partial charge is 0.484 e. The van der Waals surface area contributed by atoms with Crippen LogP contribution in [0, 0.1) is 27.6 Å². The highest BCUT2D eigenvalue weighted by Crippen LogP contribution is 2.28. The topological polar surface area (TPSA) is 72.6 Å². The first-order valence-corrected chi connectivity index (χ1v) is 6.08. The molecule has 0 aliphatic heterocycles. The summed E-state index contributed by atoms with van der Waals surface area (Å²) in [4.78, 5) is 9.94. The lowest BCUT2D eigenvalue weighted by Crippen LogP contribution is -2.11. The van der Waals surface area contributed by atoms with E-state index in [1.807, 2.05) is 0 Å². The van der Waals surface area contributed by atoms with Crippen LogP contribution < -0.4 is 4.74 Å². The predicted molar refractivity (Wildman–Crippen MR) is 69.9 cm³/mol. The van der Waals surface area contributed by atoms with Crippen molar-refractivity contribution in [3.63, 3.8) is 0 Å². The molecule has 0 aliphatic rings. The van der Waals surface area contributed by atoms with Crippen molar-refractivity contribution in [3.05, 3.63) is 69.5 Å². The molecule has 8 heteroatoms. The fourth-order valence-electron chi connectivity index (χ4n) is 1.74. The Balaban J connectivity index is 2.12. The summed E-state index contributed by atoms with van der Waals surface area (Å²) in [5, 5.41) is 20.6. The summed E-state index contributed by atoms with van der Waals surface area (Å²) in [6.07, 6.45) is -1.33. The van der Waals surface area contributed by atoms with E-state index in [0.29, 0.717) is 6.07 Å². The number of aliphatic hydroxyl groups is 1. The van der Waals surface area contributed by atoms with E-state index < -0.39 is 40.8 Å². The van der Waals surface area contributed by atoms with E-state index >= 15 is 0 Å². The van der Waals surface area contributed by atoms with Crippen LogP contribution in [0.25, 0.3) is 0 Å². The van der Waals surface area contributed by atoms with Crippen molar-refractivity contribution in [2.24, 2.45) is 0 Å². The Bertz CT molecular complexity index is 708. The number of halogens is 3. The third-order valence-electron chi connectivity index (χ3n) is 2.84. The van der Waals surface area contributed by atoms with Crippen molar-refractivity contribution in [1.29, 1.82) is 0 Å². The van der Waals surface area contributed by atoms with E-state index in [1.165, 1.54) is 0 Å². The van der Waals surface area contributed by atoms with Crippen molar-refractivity contribution in [2.45, 2.75) is 6.10 Å². The van der Waals surface area contributed by atoms with Gasteiger partial charge >= 0.3 is 5.69 Å². The Morgan fingerprint density at radius 1 is 1.14 bits per heavy atom. The molecule has 5 nitrogen and oxygen atoms in total. The molecule has 2 aromatic carbocycles. The lowest BCUT2D eigenvalue weighted by atomic mass is 10.1. The van der Waals surface area contributed by atoms with E-state index in [0.717, 1.165) is 30.3 Å². The first-order valence-electron chi connectivity index (χ1n) is 6.08. The van der Waals surface area contributed by atoms with Gasteiger partial charge in [0, 0.05) is 0 Å². The fourth-order valence-corrected chi connectivity index (χ4v) is 1.74. The first-order chi connectivity index (χ1) is 10.4. The molecule has 0 aromatic heterocycles. The first kappa shape index (κ1) is 15.8. The minimum atomic E-state index is -1.33. The van der Waals surface area contributed by atoms with Crippen LogP contribution in [0.15, 0.2) is 36.4 Å². The number of benzene rings is 2. The molecule has 1 unspecified atom stereocenters. The molecule has 0 amide bonds. The predicted octanol–water partition coefficient (Wildman–Crippen LogP) is 3.12. The van der Waals surface area contributed by atoms with Crippen molar-refractivity contribution < 1.29 is 27.9 Å². The number of hydrogen-bond donors (Lipinski definition) is 1. The maximum absolute atomic E-state index is 13.1. The maximum Gasteiger partial charge on any atom is 0.313 e. The van der Waals surface area contributed by atoms with Gasteiger partial charge in [-0.05, 0) is 29.8 Å². The van der Waals surface area contributed by atoms with Gasteiger partial charge in [0.25, 0.3) is 0 Å². The van der Waals surface area contributed by atoms with Gasteiger partial charge < -0.3 is 9.84 Å². The molecule has 0 bridgehead atoms. The number of rotatable bonds is 5. The summed E-state index contributed by atoms with van der Waals surface area (Å²) in [7, 11) is 0. The van der Waals surface area contributed by atoms with Gasteiger partial charge in [-0.3, -0.25) is 10.1 Å². The standard InChI is InChI=1S/C14H10F3NO4/c15-9-2-4-14(12(6-9)18(20)21)22-7-13(19)8-1-3-10(16)11(17)5-8/h1-6,13,19H,7H2. The van der Waals surface area contributed by atoms with Gasteiger partial charge in [0.05, 0.1) is 11.0 Å². The highest BCUT2D eigenvalue weighted by molar-refractivity contribution is 5.46. The SMILES string of the molecule is O=[N+]([O-])c1cc(F)ccc1OCC(O)c1ccc(F)c(F)c1. The highest BCUT2D eigenvalue weighted by Gasteiger charge is 2.18. The van der Waals surface area contributed by atoms with Crippen LogP contribution in [0.1, 0.15) is 11.7 Å². The molecule has 22 heavy (non-hydrogen) atoms. The average molecular weight is 313 g/mol. The van der Waals surface area contributed by atoms with Crippen LogP contribution >= 0.6 is 0 Å². The molecule has 2 aromatic rings. The van der Waals surface area contributed by atoms with Crippen LogP contribution in [0.3, 0.4) is 0 Å². The van der Waals surface area contributed by atoms with Crippen LogP contribution in [-0.4, -0.2) is 16.6 Å². The number of nitro groups is 1. The minimum Gasteiger partial charge on any atom is -0.484 e. The average Bonchev–Trinajstić information content (AvgIpc) is 2.48.